The molecule has 0 aliphatic carbocycles. The second kappa shape index (κ2) is 4.82. The SMILES string of the molecule is Cc1nn(C)c(Cl)c1CC(=O)c1ccc(N)cc1. The minimum absolute atomic E-state index is 0.00741. The Morgan fingerprint density at radius 3 is 2.50 bits per heavy atom. The van der Waals surface area contributed by atoms with Crippen molar-refractivity contribution in [3.63, 3.8) is 0 Å². The number of carbonyl (C=O) groups excluding carboxylic acids is 1. The Balaban J connectivity index is 2.24. The fraction of sp³-hybridized carbons (Fsp3) is 0.231. The molecule has 0 unspecified atom stereocenters. The first-order valence-electron chi connectivity index (χ1n) is 5.55. The Morgan fingerprint density at radius 2 is 2.00 bits per heavy atom. The molecule has 0 bridgehead atoms. The molecule has 1 heterocycles. The van der Waals surface area contributed by atoms with E-state index in [4.69, 9.17) is 17.3 Å². The molecular formula is C13H14ClN3O. The van der Waals surface area contributed by atoms with Gasteiger partial charge in [-0.2, -0.15) is 5.10 Å². The Labute approximate surface area is 110 Å². The Hall–Kier alpha value is -1.81. The fourth-order valence-electron chi connectivity index (χ4n) is 1.81. The van der Waals surface area contributed by atoms with Crippen LogP contribution >= 0.6 is 11.6 Å². The predicted molar refractivity (Wildman–Crippen MR) is 71.8 cm³/mol. The molecule has 0 atom stereocenters. The molecule has 0 aliphatic rings. The summed E-state index contributed by atoms with van der Waals surface area (Å²) in [6, 6.07) is 6.87. The molecule has 2 N–H and O–H groups in total. The van der Waals surface area contributed by atoms with Crippen molar-refractivity contribution in [3.8, 4) is 0 Å². The molecule has 1 aromatic heterocycles. The number of anilines is 1. The van der Waals surface area contributed by atoms with Gasteiger partial charge in [-0.3, -0.25) is 9.48 Å². The molecule has 0 radical (unpaired) electrons. The van der Waals surface area contributed by atoms with Crippen LogP contribution in [0.1, 0.15) is 21.6 Å². The molecule has 18 heavy (non-hydrogen) atoms. The van der Waals surface area contributed by atoms with Gasteiger partial charge in [0, 0.05) is 30.3 Å². The number of aryl methyl sites for hydroxylation is 2. The van der Waals surface area contributed by atoms with Crippen molar-refractivity contribution < 1.29 is 4.79 Å². The first-order valence-corrected chi connectivity index (χ1v) is 5.93. The second-order valence-corrected chi connectivity index (χ2v) is 4.56. The van der Waals surface area contributed by atoms with E-state index in [1.54, 1.807) is 36.0 Å². The van der Waals surface area contributed by atoms with Gasteiger partial charge in [0.15, 0.2) is 5.78 Å². The van der Waals surface area contributed by atoms with Crippen LogP contribution in [0.25, 0.3) is 0 Å². The van der Waals surface area contributed by atoms with E-state index in [1.807, 2.05) is 6.92 Å². The summed E-state index contributed by atoms with van der Waals surface area (Å²) in [7, 11) is 1.76. The lowest BCUT2D eigenvalue weighted by atomic mass is 10.0. The van der Waals surface area contributed by atoms with Crippen LogP contribution in [0.4, 0.5) is 5.69 Å². The van der Waals surface area contributed by atoms with E-state index >= 15 is 0 Å². The van der Waals surface area contributed by atoms with Crippen LogP contribution in [0.15, 0.2) is 24.3 Å². The Bertz CT molecular complexity index is 587. The zero-order valence-electron chi connectivity index (χ0n) is 10.3. The van der Waals surface area contributed by atoms with Crippen molar-refractivity contribution in [3.05, 3.63) is 46.2 Å². The third kappa shape index (κ3) is 2.38. The molecule has 0 spiro atoms. The smallest absolute Gasteiger partial charge is 0.167 e. The van der Waals surface area contributed by atoms with E-state index in [2.05, 4.69) is 5.10 Å². The Morgan fingerprint density at radius 1 is 1.39 bits per heavy atom. The number of nitrogen functional groups attached to an aromatic ring is 1. The van der Waals surface area contributed by atoms with Crippen molar-refractivity contribution in [2.24, 2.45) is 7.05 Å². The maximum atomic E-state index is 12.1. The van der Waals surface area contributed by atoms with Gasteiger partial charge in [-0.25, -0.2) is 0 Å². The van der Waals surface area contributed by atoms with Gasteiger partial charge in [-0.1, -0.05) is 11.6 Å². The number of hydrogen-bond acceptors (Lipinski definition) is 3. The van der Waals surface area contributed by atoms with Crippen LogP contribution in [0.5, 0.6) is 0 Å². The zero-order chi connectivity index (χ0) is 13.3. The average molecular weight is 264 g/mol. The first-order chi connectivity index (χ1) is 8.49. The number of rotatable bonds is 3. The lowest BCUT2D eigenvalue weighted by Gasteiger charge is -2.02. The zero-order valence-corrected chi connectivity index (χ0v) is 11.0. The van der Waals surface area contributed by atoms with Crippen LogP contribution in [-0.4, -0.2) is 15.6 Å². The highest BCUT2D eigenvalue weighted by atomic mass is 35.5. The molecule has 0 aliphatic heterocycles. The molecule has 4 nitrogen and oxygen atoms in total. The normalized spacial score (nSPS) is 10.6. The second-order valence-electron chi connectivity index (χ2n) is 4.20. The highest BCUT2D eigenvalue weighted by Crippen LogP contribution is 2.20. The molecule has 2 rings (SSSR count). The van der Waals surface area contributed by atoms with Gasteiger partial charge in [0.05, 0.1) is 5.69 Å². The predicted octanol–water partition coefficient (Wildman–Crippen LogP) is 2.39. The van der Waals surface area contributed by atoms with E-state index in [9.17, 15) is 4.79 Å². The molecule has 1 aromatic carbocycles. The number of carbonyl (C=O) groups is 1. The summed E-state index contributed by atoms with van der Waals surface area (Å²) in [5, 5.41) is 4.69. The van der Waals surface area contributed by atoms with E-state index in [1.165, 1.54) is 0 Å². The first kappa shape index (κ1) is 12.6. The highest BCUT2D eigenvalue weighted by Gasteiger charge is 2.15. The number of halogens is 1. The van der Waals surface area contributed by atoms with Gasteiger partial charge < -0.3 is 5.73 Å². The number of ketones is 1. The number of Topliss-reactive ketones (excluding diaryl/α,β-unsaturated/α-hetero) is 1. The third-order valence-corrected chi connectivity index (χ3v) is 3.31. The summed E-state index contributed by atoms with van der Waals surface area (Å²) in [5.74, 6) is 0.00741. The van der Waals surface area contributed by atoms with Crippen molar-refractivity contribution >= 4 is 23.1 Å². The summed E-state index contributed by atoms with van der Waals surface area (Å²) >= 11 is 6.10. The standard InChI is InChI=1S/C13H14ClN3O/c1-8-11(13(14)17(2)16-8)7-12(18)9-3-5-10(15)6-4-9/h3-6H,7,15H2,1-2H3. The lowest BCUT2D eigenvalue weighted by molar-refractivity contribution is 0.0993. The maximum Gasteiger partial charge on any atom is 0.167 e. The minimum atomic E-state index is 0.00741. The van der Waals surface area contributed by atoms with E-state index < -0.39 is 0 Å². The molecule has 94 valence electrons. The van der Waals surface area contributed by atoms with Crippen molar-refractivity contribution in [2.75, 3.05) is 5.73 Å². The largest absolute Gasteiger partial charge is 0.399 e. The van der Waals surface area contributed by atoms with E-state index in [0.29, 0.717) is 16.4 Å². The van der Waals surface area contributed by atoms with Crippen LogP contribution in [0.3, 0.4) is 0 Å². The molecule has 0 saturated heterocycles. The molecule has 0 amide bonds. The monoisotopic (exact) mass is 263 g/mol. The van der Waals surface area contributed by atoms with Gasteiger partial charge in [-0.15, -0.1) is 0 Å². The number of nitrogens with zero attached hydrogens (tertiary/aromatic N) is 2. The van der Waals surface area contributed by atoms with Crippen molar-refractivity contribution in [1.29, 1.82) is 0 Å². The van der Waals surface area contributed by atoms with E-state index in [0.717, 1.165) is 11.3 Å². The molecule has 5 heteroatoms. The number of benzene rings is 1. The molecule has 2 aromatic rings. The van der Waals surface area contributed by atoms with E-state index in [-0.39, 0.29) is 12.2 Å². The van der Waals surface area contributed by atoms with Gasteiger partial charge >= 0.3 is 0 Å². The van der Waals surface area contributed by atoms with Crippen LogP contribution in [0.2, 0.25) is 5.15 Å². The number of nitrogens with two attached hydrogens (primary N) is 1. The summed E-state index contributed by atoms with van der Waals surface area (Å²) < 4.78 is 1.57. The highest BCUT2D eigenvalue weighted by molar-refractivity contribution is 6.30. The molecular weight excluding hydrogens is 250 g/mol. The van der Waals surface area contributed by atoms with Crippen molar-refractivity contribution in [1.82, 2.24) is 9.78 Å². The maximum absolute atomic E-state index is 12.1. The van der Waals surface area contributed by atoms with Crippen LogP contribution in [0, 0.1) is 6.92 Å². The topological polar surface area (TPSA) is 60.9 Å². The van der Waals surface area contributed by atoms with Crippen LogP contribution in [-0.2, 0) is 13.5 Å². The van der Waals surface area contributed by atoms with Gasteiger partial charge in [0.1, 0.15) is 5.15 Å². The summed E-state index contributed by atoms with van der Waals surface area (Å²) in [6.45, 7) is 1.84. The van der Waals surface area contributed by atoms with Gasteiger partial charge in [0.25, 0.3) is 0 Å². The van der Waals surface area contributed by atoms with Gasteiger partial charge in [-0.05, 0) is 31.2 Å². The summed E-state index contributed by atoms with van der Waals surface area (Å²) in [5.41, 5.74) is 8.42. The Kier molecular flexibility index (Phi) is 3.39. The van der Waals surface area contributed by atoms with Gasteiger partial charge in [0.2, 0.25) is 0 Å². The lowest BCUT2D eigenvalue weighted by Crippen LogP contribution is -2.04. The van der Waals surface area contributed by atoms with Crippen LogP contribution < -0.4 is 5.73 Å². The molecule has 0 saturated carbocycles. The summed E-state index contributed by atoms with van der Waals surface area (Å²) in [6.07, 6.45) is 0.252. The molecule has 0 fully saturated rings. The third-order valence-electron chi connectivity index (χ3n) is 2.84. The number of hydrogen-bond donors (Lipinski definition) is 1. The fourth-order valence-corrected chi connectivity index (χ4v) is 2.05. The quantitative estimate of drug-likeness (QED) is 0.683. The average Bonchev–Trinajstić information content (AvgIpc) is 2.57. The minimum Gasteiger partial charge on any atom is -0.399 e. The summed E-state index contributed by atoms with van der Waals surface area (Å²) in [4.78, 5) is 12.1. The number of aromatic nitrogens is 2. The van der Waals surface area contributed by atoms with Crippen molar-refractivity contribution in [2.45, 2.75) is 13.3 Å².